The van der Waals surface area contributed by atoms with E-state index in [4.69, 9.17) is 37.0 Å². The zero-order valence-corrected chi connectivity index (χ0v) is 53.9. The molecule has 0 bridgehead atoms. The summed E-state index contributed by atoms with van der Waals surface area (Å²) >= 11 is 0. The summed E-state index contributed by atoms with van der Waals surface area (Å²) in [5, 5.41) is 10.5. The van der Waals surface area contributed by atoms with E-state index < -0.39 is 97.5 Å². The Bertz CT molecular complexity index is 1600. The second-order valence-electron chi connectivity index (χ2n) is 23.2. The Hall–Kier alpha value is -1.94. The van der Waals surface area contributed by atoms with Gasteiger partial charge >= 0.3 is 39.5 Å². The zero-order chi connectivity index (χ0) is 60.1. The Morgan fingerprint density at radius 2 is 0.630 bits per heavy atom. The first-order valence-corrected chi connectivity index (χ1v) is 35.5. The number of rotatable bonds is 61. The maximum absolute atomic E-state index is 13.0. The molecular formula is C62H120O17P2. The minimum atomic E-state index is -4.94. The normalized spacial score (nSPS) is 14.7. The highest BCUT2D eigenvalue weighted by Crippen LogP contribution is 2.45. The van der Waals surface area contributed by atoms with E-state index in [2.05, 4.69) is 41.5 Å². The predicted molar refractivity (Wildman–Crippen MR) is 321 cm³/mol. The van der Waals surface area contributed by atoms with Crippen molar-refractivity contribution in [1.29, 1.82) is 0 Å². The van der Waals surface area contributed by atoms with E-state index in [1.807, 2.05) is 0 Å². The van der Waals surface area contributed by atoms with E-state index >= 15 is 0 Å². The molecule has 81 heavy (non-hydrogen) atoms. The molecule has 3 N–H and O–H groups in total. The zero-order valence-electron chi connectivity index (χ0n) is 52.1. The maximum atomic E-state index is 13.0. The SMILES string of the molecule is CCCCCCCCCCC(=O)O[C@H](COC(=O)CCCCCCC)COP(=O)(O)OC[C@H](O)COP(=O)(O)OC[C@@H](COC(=O)CCCCCCCCC(C)CC)OC(=O)CCCCCCCCCCCCCCCCCC(C)C. The first kappa shape index (κ1) is 79.1. The van der Waals surface area contributed by atoms with Gasteiger partial charge in [0.2, 0.25) is 0 Å². The lowest BCUT2D eigenvalue weighted by atomic mass is 10.00. The molecule has 0 aliphatic heterocycles. The number of phosphoric ester groups is 2. The average molecular weight is 1200 g/mol. The third kappa shape index (κ3) is 55.7. The number of carbonyl (C=O) groups is 4. The van der Waals surface area contributed by atoms with Gasteiger partial charge in [-0.25, -0.2) is 9.13 Å². The molecule has 0 heterocycles. The maximum Gasteiger partial charge on any atom is 0.472 e. The van der Waals surface area contributed by atoms with Gasteiger partial charge in [0.15, 0.2) is 12.2 Å². The van der Waals surface area contributed by atoms with Gasteiger partial charge in [0, 0.05) is 25.7 Å². The van der Waals surface area contributed by atoms with Gasteiger partial charge in [0.25, 0.3) is 0 Å². The molecule has 6 atom stereocenters. The van der Waals surface area contributed by atoms with Crippen molar-refractivity contribution in [2.45, 2.75) is 323 Å². The number of hydrogen-bond donors (Lipinski definition) is 3. The van der Waals surface area contributed by atoms with Gasteiger partial charge in [0.05, 0.1) is 26.4 Å². The molecule has 3 unspecified atom stereocenters. The number of carbonyl (C=O) groups excluding carboxylic acids is 4. The van der Waals surface area contributed by atoms with Crippen LogP contribution in [0.5, 0.6) is 0 Å². The third-order valence-corrected chi connectivity index (χ3v) is 16.5. The van der Waals surface area contributed by atoms with Crippen LogP contribution in [0, 0.1) is 11.8 Å². The van der Waals surface area contributed by atoms with Crippen molar-refractivity contribution >= 4 is 39.5 Å². The van der Waals surface area contributed by atoms with Crippen LogP contribution in [0.2, 0.25) is 0 Å². The van der Waals surface area contributed by atoms with Gasteiger partial charge < -0.3 is 33.8 Å². The summed E-state index contributed by atoms with van der Waals surface area (Å²) in [4.78, 5) is 71.8. The highest BCUT2D eigenvalue weighted by molar-refractivity contribution is 7.47. The van der Waals surface area contributed by atoms with Crippen LogP contribution in [-0.4, -0.2) is 96.7 Å². The summed E-state index contributed by atoms with van der Waals surface area (Å²) in [6.45, 7) is 9.35. The second kappa shape index (κ2) is 54.7. The monoisotopic (exact) mass is 1200 g/mol. The van der Waals surface area contributed by atoms with Crippen molar-refractivity contribution in [3.05, 3.63) is 0 Å². The summed E-state index contributed by atoms with van der Waals surface area (Å²) in [5.74, 6) is -0.618. The van der Waals surface area contributed by atoms with Crippen molar-refractivity contribution < 1.29 is 80.2 Å². The minimum absolute atomic E-state index is 0.104. The van der Waals surface area contributed by atoms with Crippen molar-refractivity contribution in [1.82, 2.24) is 0 Å². The van der Waals surface area contributed by atoms with Crippen molar-refractivity contribution in [2.24, 2.45) is 11.8 Å². The van der Waals surface area contributed by atoms with Crippen molar-refractivity contribution in [2.75, 3.05) is 39.6 Å². The Balaban J connectivity index is 5.12. The van der Waals surface area contributed by atoms with E-state index in [1.54, 1.807) is 0 Å². The van der Waals surface area contributed by atoms with E-state index in [0.29, 0.717) is 25.7 Å². The molecule has 0 aromatic rings. The van der Waals surface area contributed by atoms with Crippen molar-refractivity contribution in [3.63, 3.8) is 0 Å². The quantitative estimate of drug-likeness (QED) is 0.0222. The first-order valence-electron chi connectivity index (χ1n) is 32.5. The Morgan fingerprint density at radius 3 is 0.938 bits per heavy atom. The lowest BCUT2D eigenvalue weighted by molar-refractivity contribution is -0.161. The van der Waals surface area contributed by atoms with Crippen LogP contribution in [0.25, 0.3) is 0 Å². The van der Waals surface area contributed by atoms with Gasteiger partial charge in [-0.15, -0.1) is 0 Å². The molecule has 0 aromatic heterocycles. The third-order valence-electron chi connectivity index (χ3n) is 14.6. The van der Waals surface area contributed by atoms with Crippen molar-refractivity contribution in [3.8, 4) is 0 Å². The molecule has 0 saturated heterocycles. The lowest BCUT2D eigenvalue weighted by Gasteiger charge is -2.21. The van der Waals surface area contributed by atoms with Crippen LogP contribution < -0.4 is 0 Å². The van der Waals surface area contributed by atoms with Crippen LogP contribution in [-0.2, 0) is 65.4 Å². The first-order chi connectivity index (χ1) is 38.9. The number of esters is 4. The predicted octanol–water partition coefficient (Wildman–Crippen LogP) is 16.9. The van der Waals surface area contributed by atoms with Gasteiger partial charge in [-0.3, -0.25) is 37.3 Å². The number of aliphatic hydroxyl groups is 1. The van der Waals surface area contributed by atoms with E-state index in [0.717, 1.165) is 121 Å². The van der Waals surface area contributed by atoms with E-state index in [-0.39, 0.29) is 25.7 Å². The van der Waals surface area contributed by atoms with E-state index in [1.165, 1.54) is 103 Å². The Kier molecular flexibility index (Phi) is 53.4. The fourth-order valence-electron chi connectivity index (χ4n) is 9.15. The molecular weight excluding hydrogens is 1080 g/mol. The van der Waals surface area contributed by atoms with Gasteiger partial charge in [0.1, 0.15) is 19.3 Å². The van der Waals surface area contributed by atoms with Gasteiger partial charge in [-0.05, 0) is 37.5 Å². The lowest BCUT2D eigenvalue weighted by Crippen LogP contribution is -2.30. The largest absolute Gasteiger partial charge is 0.472 e. The minimum Gasteiger partial charge on any atom is -0.462 e. The van der Waals surface area contributed by atoms with Crippen LogP contribution >= 0.6 is 15.6 Å². The van der Waals surface area contributed by atoms with Gasteiger partial charge in [-0.2, -0.15) is 0 Å². The summed E-state index contributed by atoms with van der Waals surface area (Å²) < 4.78 is 67.6. The molecule has 0 saturated carbocycles. The number of ether oxygens (including phenoxy) is 4. The number of aliphatic hydroxyl groups excluding tert-OH is 1. The number of phosphoric acid groups is 2. The molecule has 0 amide bonds. The fourth-order valence-corrected chi connectivity index (χ4v) is 10.7. The summed E-state index contributed by atoms with van der Waals surface area (Å²) in [7, 11) is -9.87. The molecule has 0 aliphatic carbocycles. The van der Waals surface area contributed by atoms with Crippen LogP contribution in [0.3, 0.4) is 0 Å². The molecule has 0 radical (unpaired) electrons. The van der Waals surface area contributed by atoms with Gasteiger partial charge in [-0.1, -0.05) is 253 Å². The standard InChI is InChI=1S/C62H120O17P2/c1-7-10-12-14-15-26-34-40-46-61(66)78-57(50-72-59(64)44-38-30-13-11-8-2)52-76-80(68,69)74-48-56(63)49-75-81(70,71)77-53-58(51-73-60(65)45-39-33-29-28-32-37-43-55(6)9-3)79-62(67)47-41-35-27-24-22-20-18-16-17-19-21-23-25-31-36-42-54(4)5/h54-58,63H,7-53H2,1-6H3,(H,68,69)(H,70,71)/t55?,56-,57+,58+/m0/s1. The Morgan fingerprint density at radius 1 is 0.358 bits per heavy atom. The molecule has 17 nitrogen and oxygen atoms in total. The number of unbranched alkanes of at least 4 members (excludes halogenated alkanes) is 30. The van der Waals surface area contributed by atoms with Crippen LogP contribution in [0.15, 0.2) is 0 Å². The highest BCUT2D eigenvalue weighted by Gasteiger charge is 2.30. The molecule has 0 aliphatic rings. The van der Waals surface area contributed by atoms with E-state index in [9.17, 15) is 43.2 Å². The smallest absolute Gasteiger partial charge is 0.462 e. The molecule has 0 aromatic carbocycles. The average Bonchev–Trinajstić information content (AvgIpc) is 3.43. The summed E-state index contributed by atoms with van der Waals surface area (Å²) in [6.07, 6.45) is 36.7. The fraction of sp³-hybridized carbons (Fsp3) is 0.935. The highest BCUT2D eigenvalue weighted by atomic mass is 31.2. The van der Waals surface area contributed by atoms with Crippen LogP contribution in [0.1, 0.15) is 305 Å². The topological polar surface area (TPSA) is 237 Å². The molecule has 480 valence electrons. The number of hydrogen-bond acceptors (Lipinski definition) is 15. The second-order valence-corrected chi connectivity index (χ2v) is 26.1. The van der Waals surface area contributed by atoms with Crippen LogP contribution in [0.4, 0.5) is 0 Å². The summed E-state index contributed by atoms with van der Waals surface area (Å²) in [6, 6.07) is 0. The summed E-state index contributed by atoms with van der Waals surface area (Å²) in [5.41, 5.74) is 0. The molecule has 0 rings (SSSR count). The molecule has 19 heteroatoms. The molecule has 0 spiro atoms. The molecule has 0 fully saturated rings. The Labute approximate surface area is 492 Å².